The Bertz CT molecular complexity index is 537. The van der Waals surface area contributed by atoms with Crippen molar-refractivity contribution in [2.24, 2.45) is 11.8 Å². The van der Waals surface area contributed by atoms with Crippen molar-refractivity contribution >= 4 is 12.0 Å². The minimum absolute atomic E-state index is 0.0346. The maximum atomic E-state index is 12.2. The first-order valence-corrected chi connectivity index (χ1v) is 7.46. The van der Waals surface area contributed by atoms with Crippen LogP contribution in [0.3, 0.4) is 0 Å². The van der Waals surface area contributed by atoms with Crippen LogP contribution in [0.2, 0.25) is 0 Å². The largest absolute Gasteiger partial charge is 0.497 e. The number of methoxy groups -OCH3 is 1. The molecule has 1 aliphatic carbocycles. The number of carbonyl (C=O) groups is 1. The van der Waals surface area contributed by atoms with Crippen LogP contribution < -0.4 is 4.74 Å². The third-order valence-electron chi connectivity index (χ3n) is 4.66. The number of nitrogens with zero attached hydrogens (tertiary/aromatic N) is 1. The Labute approximate surface area is 125 Å². The molecule has 3 rings (SSSR count). The van der Waals surface area contributed by atoms with E-state index in [1.807, 2.05) is 35.2 Å². The molecule has 1 saturated heterocycles. The predicted molar refractivity (Wildman–Crippen MR) is 80.8 cm³/mol. The molecule has 1 heterocycles. The topological polar surface area (TPSA) is 49.8 Å². The lowest BCUT2D eigenvalue weighted by atomic mass is 10.00. The average molecular weight is 287 g/mol. The summed E-state index contributed by atoms with van der Waals surface area (Å²) in [6, 6.07) is 7.59. The standard InChI is InChI=1S/C17H21NO3/c1-21-14-6-2-12(3-7-14)4-9-17(20)18-10-13-5-8-16(19)15(13)11-18/h2-4,6-7,9,13,15-16,19H,5,8,10-11H2,1H3/b9-4+. The highest BCUT2D eigenvalue weighted by Gasteiger charge is 2.42. The van der Waals surface area contributed by atoms with Crippen LogP contribution in [0, 0.1) is 11.8 Å². The van der Waals surface area contributed by atoms with E-state index >= 15 is 0 Å². The van der Waals surface area contributed by atoms with Crippen molar-refractivity contribution in [1.29, 1.82) is 0 Å². The highest BCUT2D eigenvalue weighted by molar-refractivity contribution is 5.92. The van der Waals surface area contributed by atoms with E-state index in [9.17, 15) is 9.90 Å². The molecule has 1 N–H and O–H groups in total. The lowest BCUT2D eigenvalue weighted by Crippen LogP contribution is -2.29. The number of hydrogen-bond acceptors (Lipinski definition) is 3. The normalized spacial score (nSPS) is 28.1. The first-order chi connectivity index (χ1) is 10.2. The van der Waals surface area contributed by atoms with Gasteiger partial charge in [0.2, 0.25) is 5.91 Å². The number of likely N-dealkylation sites (tertiary alicyclic amines) is 1. The second-order valence-electron chi connectivity index (χ2n) is 5.92. The van der Waals surface area contributed by atoms with E-state index in [-0.39, 0.29) is 17.9 Å². The van der Waals surface area contributed by atoms with Gasteiger partial charge < -0.3 is 14.7 Å². The molecule has 1 saturated carbocycles. The molecule has 2 aliphatic rings. The van der Waals surface area contributed by atoms with Gasteiger partial charge >= 0.3 is 0 Å². The Kier molecular flexibility index (Phi) is 3.97. The van der Waals surface area contributed by atoms with E-state index in [0.717, 1.165) is 30.7 Å². The molecular weight excluding hydrogens is 266 g/mol. The van der Waals surface area contributed by atoms with E-state index in [2.05, 4.69) is 0 Å². The van der Waals surface area contributed by atoms with E-state index in [4.69, 9.17) is 4.74 Å². The van der Waals surface area contributed by atoms with Crippen molar-refractivity contribution in [3.05, 3.63) is 35.9 Å². The Morgan fingerprint density at radius 1 is 1.29 bits per heavy atom. The van der Waals surface area contributed by atoms with Crippen molar-refractivity contribution in [3.8, 4) is 5.75 Å². The van der Waals surface area contributed by atoms with Crippen molar-refractivity contribution in [1.82, 2.24) is 4.90 Å². The summed E-state index contributed by atoms with van der Waals surface area (Å²) in [5.41, 5.74) is 0.976. The third kappa shape index (κ3) is 2.95. The second kappa shape index (κ2) is 5.90. The van der Waals surface area contributed by atoms with Gasteiger partial charge in [0.05, 0.1) is 13.2 Å². The molecule has 3 atom stereocenters. The molecule has 4 heteroatoms. The van der Waals surface area contributed by atoms with Crippen LogP contribution in [0.4, 0.5) is 0 Å². The van der Waals surface area contributed by atoms with Gasteiger partial charge in [0.25, 0.3) is 0 Å². The second-order valence-corrected chi connectivity index (χ2v) is 5.92. The monoisotopic (exact) mass is 287 g/mol. The van der Waals surface area contributed by atoms with Gasteiger partial charge in [-0.1, -0.05) is 12.1 Å². The molecule has 3 unspecified atom stereocenters. The Morgan fingerprint density at radius 3 is 2.71 bits per heavy atom. The molecule has 0 radical (unpaired) electrons. The molecule has 1 aliphatic heterocycles. The van der Waals surface area contributed by atoms with Crippen LogP contribution in [-0.4, -0.2) is 42.2 Å². The first-order valence-electron chi connectivity index (χ1n) is 7.46. The summed E-state index contributed by atoms with van der Waals surface area (Å²) in [5.74, 6) is 1.61. The summed E-state index contributed by atoms with van der Waals surface area (Å²) in [4.78, 5) is 14.1. The molecule has 1 amide bonds. The summed E-state index contributed by atoms with van der Waals surface area (Å²) in [6.07, 6.45) is 5.15. The van der Waals surface area contributed by atoms with Crippen LogP contribution >= 0.6 is 0 Å². The minimum atomic E-state index is -0.224. The third-order valence-corrected chi connectivity index (χ3v) is 4.66. The Hall–Kier alpha value is -1.81. The van der Waals surface area contributed by atoms with Gasteiger partial charge in [-0.2, -0.15) is 0 Å². The van der Waals surface area contributed by atoms with E-state index in [0.29, 0.717) is 12.5 Å². The molecule has 1 aromatic rings. The fourth-order valence-corrected chi connectivity index (χ4v) is 3.40. The van der Waals surface area contributed by atoms with E-state index in [1.54, 1.807) is 13.2 Å². The van der Waals surface area contributed by atoms with Crippen LogP contribution in [-0.2, 0) is 4.79 Å². The molecule has 0 aromatic heterocycles. The lowest BCUT2D eigenvalue weighted by molar-refractivity contribution is -0.125. The summed E-state index contributed by atoms with van der Waals surface area (Å²) >= 11 is 0. The van der Waals surface area contributed by atoms with E-state index in [1.165, 1.54) is 0 Å². The highest BCUT2D eigenvalue weighted by atomic mass is 16.5. The van der Waals surface area contributed by atoms with Crippen molar-refractivity contribution in [2.45, 2.75) is 18.9 Å². The maximum absolute atomic E-state index is 12.2. The predicted octanol–water partition coefficient (Wildman–Crippen LogP) is 1.94. The highest BCUT2D eigenvalue weighted by Crippen LogP contribution is 2.38. The Morgan fingerprint density at radius 2 is 2.05 bits per heavy atom. The van der Waals surface area contributed by atoms with E-state index < -0.39 is 0 Å². The zero-order chi connectivity index (χ0) is 14.8. The summed E-state index contributed by atoms with van der Waals surface area (Å²) in [5, 5.41) is 9.89. The molecular formula is C17H21NO3. The number of amides is 1. The smallest absolute Gasteiger partial charge is 0.246 e. The fraction of sp³-hybridized carbons (Fsp3) is 0.471. The van der Waals surface area contributed by atoms with Crippen LogP contribution in [0.15, 0.2) is 30.3 Å². The molecule has 4 nitrogen and oxygen atoms in total. The molecule has 21 heavy (non-hydrogen) atoms. The van der Waals surface area contributed by atoms with Gasteiger partial charge in [0.15, 0.2) is 0 Å². The zero-order valence-corrected chi connectivity index (χ0v) is 12.2. The number of fused-ring (bicyclic) bond motifs is 1. The molecule has 0 spiro atoms. The summed E-state index contributed by atoms with van der Waals surface area (Å²) in [6.45, 7) is 1.48. The van der Waals surface area contributed by atoms with Crippen LogP contribution in [0.25, 0.3) is 6.08 Å². The molecule has 0 bridgehead atoms. The van der Waals surface area contributed by atoms with Crippen molar-refractivity contribution in [2.75, 3.05) is 20.2 Å². The van der Waals surface area contributed by atoms with Crippen LogP contribution in [0.5, 0.6) is 5.75 Å². The van der Waals surface area contributed by atoms with Crippen molar-refractivity contribution < 1.29 is 14.6 Å². The summed E-state index contributed by atoms with van der Waals surface area (Å²) in [7, 11) is 1.63. The minimum Gasteiger partial charge on any atom is -0.497 e. The number of rotatable bonds is 3. The van der Waals surface area contributed by atoms with Gasteiger partial charge in [-0.25, -0.2) is 0 Å². The SMILES string of the molecule is COc1ccc(/C=C/C(=O)N2CC3CCC(O)C3C2)cc1. The molecule has 112 valence electrons. The van der Waals surface area contributed by atoms with Crippen LogP contribution in [0.1, 0.15) is 18.4 Å². The Balaban J connectivity index is 1.60. The molecule has 2 fully saturated rings. The van der Waals surface area contributed by atoms with Gasteiger partial charge in [0.1, 0.15) is 5.75 Å². The lowest BCUT2D eigenvalue weighted by Gasteiger charge is -2.16. The van der Waals surface area contributed by atoms with Gasteiger partial charge in [-0.05, 0) is 42.5 Å². The first kappa shape index (κ1) is 14.1. The van der Waals surface area contributed by atoms with Crippen molar-refractivity contribution in [3.63, 3.8) is 0 Å². The number of hydrogen-bond donors (Lipinski definition) is 1. The average Bonchev–Trinajstić information content (AvgIpc) is 3.08. The number of aliphatic hydroxyl groups excluding tert-OH is 1. The molecule has 1 aromatic carbocycles. The number of benzene rings is 1. The quantitative estimate of drug-likeness (QED) is 0.864. The summed E-state index contributed by atoms with van der Waals surface area (Å²) < 4.78 is 5.11. The number of carbonyl (C=O) groups excluding carboxylic acids is 1. The maximum Gasteiger partial charge on any atom is 0.246 e. The number of aliphatic hydroxyl groups is 1. The zero-order valence-electron chi connectivity index (χ0n) is 12.2. The number of ether oxygens (including phenoxy) is 1. The van der Waals surface area contributed by atoms with Gasteiger partial charge in [0, 0.05) is 25.1 Å². The van der Waals surface area contributed by atoms with Gasteiger partial charge in [-0.15, -0.1) is 0 Å². The van der Waals surface area contributed by atoms with Gasteiger partial charge in [-0.3, -0.25) is 4.79 Å². The fourth-order valence-electron chi connectivity index (χ4n) is 3.40.